The van der Waals surface area contributed by atoms with Gasteiger partial charge in [-0.3, -0.25) is 9.59 Å². The van der Waals surface area contributed by atoms with Gasteiger partial charge in [-0.2, -0.15) is 0 Å². The molecule has 3 aromatic rings. The summed E-state index contributed by atoms with van der Waals surface area (Å²) in [5.74, 6) is 0.910. The van der Waals surface area contributed by atoms with Gasteiger partial charge in [-0.15, -0.1) is 11.3 Å². The van der Waals surface area contributed by atoms with E-state index in [0.29, 0.717) is 29.6 Å². The second-order valence-corrected chi connectivity index (χ2v) is 8.81. The van der Waals surface area contributed by atoms with Crippen LogP contribution in [-0.2, 0) is 0 Å². The zero-order valence-electron chi connectivity index (χ0n) is 16.3. The summed E-state index contributed by atoms with van der Waals surface area (Å²) in [5, 5.41) is 16.7. The molecule has 0 aromatic carbocycles. The fraction of sp³-hybridized carbons (Fsp3) is 0.429. The van der Waals surface area contributed by atoms with Gasteiger partial charge in [0.1, 0.15) is 10.6 Å². The summed E-state index contributed by atoms with van der Waals surface area (Å²) < 4.78 is 5.34. The van der Waals surface area contributed by atoms with Crippen molar-refractivity contribution in [2.45, 2.75) is 31.1 Å². The quantitative estimate of drug-likeness (QED) is 0.627. The molecule has 1 aliphatic heterocycles. The van der Waals surface area contributed by atoms with Crippen molar-refractivity contribution in [3.63, 3.8) is 0 Å². The number of pyridine rings is 1. The third-order valence-corrected chi connectivity index (χ3v) is 6.85. The van der Waals surface area contributed by atoms with Gasteiger partial charge in [0.2, 0.25) is 0 Å². The molecule has 2 N–H and O–H groups in total. The first-order chi connectivity index (χ1) is 14.7. The number of hydrogen-bond acceptors (Lipinski definition) is 7. The molecule has 5 rings (SSSR count). The second kappa shape index (κ2) is 7.81. The third-order valence-electron chi connectivity index (χ3n) is 5.72. The van der Waals surface area contributed by atoms with Crippen LogP contribution in [0.15, 0.2) is 28.9 Å². The van der Waals surface area contributed by atoms with Gasteiger partial charge in [0.25, 0.3) is 11.8 Å². The molecule has 0 radical (unpaired) electrons. The van der Waals surface area contributed by atoms with Crippen LogP contribution < -0.4 is 5.32 Å². The molecule has 156 valence electrons. The summed E-state index contributed by atoms with van der Waals surface area (Å²) in [5.41, 5.74) is 1.29. The zero-order chi connectivity index (χ0) is 20.7. The Morgan fingerprint density at radius 2 is 2.17 bits per heavy atom. The Hall–Kier alpha value is -2.78. The highest BCUT2D eigenvalue weighted by atomic mass is 32.1. The number of thiophene rings is 1. The molecule has 0 unspecified atom stereocenters. The smallest absolute Gasteiger partial charge is 0.276 e. The molecule has 9 heteroatoms. The van der Waals surface area contributed by atoms with Crippen LogP contribution in [0.5, 0.6) is 0 Å². The van der Waals surface area contributed by atoms with E-state index in [1.165, 1.54) is 11.3 Å². The minimum absolute atomic E-state index is 0.0385. The summed E-state index contributed by atoms with van der Waals surface area (Å²) in [7, 11) is 0. The van der Waals surface area contributed by atoms with E-state index in [-0.39, 0.29) is 30.9 Å². The van der Waals surface area contributed by atoms with Crippen molar-refractivity contribution in [3.8, 4) is 0 Å². The highest BCUT2D eigenvalue weighted by molar-refractivity contribution is 7.20. The van der Waals surface area contributed by atoms with E-state index in [1.54, 1.807) is 17.2 Å². The number of likely N-dealkylation sites (tertiary alicyclic amines) is 1. The van der Waals surface area contributed by atoms with Crippen LogP contribution >= 0.6 is 11.3 Å². The summed E-state index contributed by atoms with van der Waals surface area (Å²) in [6.07, 6.45) is 4.66. The number of aliphatic hydroxyl groups excluding tert-OH is 1. The average Bonchev–Trinajstić information content (AvgIpc) is 3.19. The lowest BCUT2D eigenvalue weighted by Crippen LogP contribution is -2.29. The minimum atomic E-state index is -0.211. The molecule has 2 amide bonds. The largest absolute Gasteiger partial charge is 0.395 e. The Kier molecular flexibility index (Phi) is 5.00. The monoisotopic (exact) mass is 426 g/mol. The number of hydrogen-bond donors (Lipinski definition) is 2. The SMILES string of the molecule is O=C(NCCO)c1sc2ncccc2c1[C@H]1CCN(C(=O)c2cc(C3CC3)on2)C1. The predicted octanol–water partition coefficient (Wildman–Crippen LogP) is 2.51. The molecular weight excluding hydrogens is 404 g/mol. The molecule has 1 atom stereocenters. The van der Waals surface area contributed by atoms with Gasteiger partial charge in [-0.05, 0) is 30.9 Å². The van der Waals surface area contributed by atoms with Crippen LogP contribution in [0.1, 0.15) is 62.6 Å². The summed E-state index contributed by atoms with van der Waals surface area (Å²) in [6.45, 7) is 1.21. The highest BCUT2D eigenvalue weighted by Gasteiger charge is 2.35. The Morgan fingerprint density at radius 1 is 1.30 bits per heavy atom. The molecule has 0 bridgehead atoms. The second-order valence-electron chi connectivity index (χ2n) is 7.81. The van der Waals surface area contributed by atoms with E-state index < -0.39 is 0 Å². The molecule has 2 aliphatic rings. The Balaban J connectivity index is 1.40. The van der Waals surface area contributed by atoms with Crippen LogP contribution in [0.3, 0.4) is 0 Å². The van der Waals surface area contributed by atoms with E-state index in [0.717, 1.165) is 40.8 Å². The summed E-state index contributed by atoms with van der Waals surface area (Å²) >= 11 is 1.35. The van der Waals surface area contributed by atoms with Crippen molar-refractivity contribution < 1.29 is 19.2 Å². The van der Waals surface area contributed by atoms with Gasteiger partial charge in [0, 0.05) is 49.1 Å². The zero-order valence-corrected chi connectivity index (χ0v) is 17.2. The van der Waals surface area contributed by atoms with Gasteiger partial charge in [-0.25, -0.2) is 4.98 Å². The van der Waals surface area contributed by atoms with Crippen LogP contribution in [0, 0.1) is 0 Å². The standard InChI is InChI=1S/C21H22N4O4S/c26-9-7-22-19(27)18-17(14-2-1-6-23-20(14)30-18)13-5-8-25(11-13)21(28)15-10-16(29-24-15)12-3-4-12/h1-2,6,10,12-13,26H,3-5,7-9,11H2,(H,22,27)/t13-/m0/s1. The molecule has 2 fully saturated rings. The fourth-order valence-corrected chi connectivity index (χ4v) is 5.21. The average molecular weight is 426 g/mol. The van der Waals surface area contributed by atoms with Crippen LogP contribution in [0.2, 0.25) is 0 Å². The maximum absolute atomic E-state index is 12.9. The number of fused-ring (bicyclic) bond motifs is 1. The first-order valence-corrected chi connectivity index (χ1v) is 11.0. The fourth-order valence-electron chi connectivity index (χ4n) is 4.07. The number of aromatic nitrogens is 2. The normalized spacial score (nSPS) is 18.8. The molecule has 1 aliphatic carbocycles. The van der Waals surface area contributed by atoms with Crippen LogP contribution in [-0.4, -0.2) is 58.2 Å². The third kappa shape index (κ3) is 3.48. The van der Waals surface area contributed by atoms with Crippen LogP contribution in [0.25, 0.3) is 10.2 Å². The first kappa shape index (κ1) is 19.2. The highest BCUT2D eigenvalue weighted by Crippen LogP contribution is 2.41. The van der Waals surface area contributed by atoms with E-state index in [4.69, 9.17) is 9.63 Å². The molecule has 3 aromatic heterocycles. The molecule has 8 nitrogen and oxygen atoms in total. The number of rotatable bonds is 6. The topological polar surface area (TPSA) is 109 Å². The van der Waals surface area contributed by atoms with E-state index in [2.05, 4.69) is 15.5 Å². The molecule has 1 saturated carbocycles. The number of amides is 2. The van der Waals surface area contributed by atoms with Gasteiger partial charge in [-0.1, -0.05) is 11.2 Å². The number of nitrogens with zero attached hydrogens (tertiary/aromatic N) is 3. The molecule has 1 saturated heterocycles. The number of aliphatic hydroxyl groups is 1. The lowest BCUT2D eigenvalue weighted by molar-refractivity contribution is 0.0780. The molecule has 30 heavy (non-hydrogen) atoms. The predicted molar refractivity (Wildman–Crippen MR) is 111 cm³/mol. The molecule has 4 heterocycles. The molecular formula is C21H22N4O4S. The Morgan fingerprint density at radius 3 is 2.97 bits per heavy atom. The van der Waals surface area contributed by atoms with Crippen molar-refractivity contribution in [1.29, 1.82) is 0 Å². The summed E-state index contributed by atoms with van der Waals surface area (Å²) in [4.78, 5) is 33.3. The lowest BCUT2D eigenvalue weighted by Gasteiger charge is -2.16. The minimum Gasteiger partial charge on any atom is -0.395 e. The Bertz CT molecular complexity index is 1100. The van der Waals surface area contributed by atoms with Gasteiger partial charge in [0.05, 0.1) is 11.5 Å². The van der Waals surface area contributed by atoms with Crippen molar-refractivity contribution in [2.75, 3.05) is 26.2 Å². The number of nitrogens with one attached hydrogen (secondary N) is 1. The van der Waals surface area contributed by atoms with Crippen molar-refractivity contribution in [1.82, 2.24) is 20.4 Å². The Labute approximate surface area is 176 Å². The van der Waals surface area contributed by atoms with Crippen molar-refractivity contribution in [2.24, 2.45) is 0 Å². The van der Waals surface area contributed by atoms with E-state index >= 15 is 0 Å². The van der Waals surface area contributed by atoms with Gasteiger partial charge >= 0.3 is 0 Å². The van der Waals surface area contributed by atoms with E-state index in [1.807, 2.05) is 12.1 Å². The van der Waals surface area contributed by atoms with Gasteiger partial charge < -0.3 is 19.8 Å². The van der Waals surface area contributed by atoms with Crippen molar-refractivity contribution >= 4 is 33.4 Å². The molecule has 0 spiro atoms. The lowest BCUT2D eigenvalue weighted by atomic mass is 9.95. The van der Waals surface area contributed by atoms with Gasteiger partial charge in [0.15, 0.2) is 5.69 Å². The number of carbonyl (C=O) groups is 2. The summed E-state index contributed by atoms with van der Waals surface area (Å²) in [6, 6.07) is 5.60. The maximum Gasteiger partial charge on any atom is 0.276 e. The first-order valence-electron chi connectivity index (χ1n) is 10.2. The van der Waals surface area contributed by atoms with E-state index in [9.17, 15) is 9.59 Å². The van der Waals surface area contributed by atoms with Crippen LogP contribution in [0.4, 0.5) is 0 Å². The van der Waals surface area contributed by atoms with Crippen molar-refractivity contribution in [3.05, 3.63) is 46.3 Å². The maximum atomic E-state index is 12.9. The number of carbonyl (C=O) groups excluding carboxylic acids is 2.